The normalized spacial score (nSPS) is 10.9. The molecule has 0 atom stereocenters. The van der Waals surface area contributed by atoms with Crippen LogP contribution in [-0.2, 0) is 11.4 Å². The van der Waals surface area contributed by atoms with E-state index in [1.165, 1.54) is 25.3 Å². The average Bonchev–Trinajstić information content (AvgIpc) is 2.84. The number of rotatable bonds is 8. The highest BCUT2D eigenvalue weighted by atomic mass is 79.9. The number of nitrogens with one attached hydrogen (secondary N) is 1. The van der Waals surface area contributed by atoms with Gasteiger partial charge in [-0.1, -0.05) is 45.7 Å². The highest BCUT2D eigenvalue weighted by molar-refractivity contribution is 9.10. The Hall–Kier alpha value is -3.80. The van der Waals surface area contributed by atoms with E-state index in [1.807, 2.05) is 13.0 Å². The number of aromatic carboxylic acids is 1. The standard InChI is InChI=1S/C26H20BrClN2O5/c1-15-3-8-20(11-22(15)28)30-25(31)19(13-29)9-18-10-23(34-2)24(12-21(18)27)35-14-16-4-6-17(7-5-16)26(32)33/h3-12H,14H2,1-2H3,(H,30,31)(H,32,33)/b19-9-. The molecule has 0 saturated heterocycles. The third-order valence-electron chi connectivity index (χ3n) is 4.97. The monoisotopic (exact) mass is 554 g/mol. The van der Waals surface area contributed by atoms with Crippen molar-refractivity contribution in [3.63, 3.8) is 0 Å². The van der Waals surface area contributed by atoms with Crippen molar-refractivity contribution in [3.05, 3.63) is 91.9 Å². The molecule has 0 aliphatic carbocycles. The minimum atomic E-state index is -1.00. The summed E-state index contributed by atoms with van der Waals surface area (Å²) >= 11 is 9.56. The Bertz CT molecular complexity index is 1350. The molecule has 3 aromatic carbocycles. The Kier molecular flexibility index (Phi) is 8.53. The fourth-order valence-corrected chi connectivity index (χ4v) is 3.63. The summed E-state index contributed by atoms with van der Waals surface area (Å²) in [7, 11) is 1.48. The molecule has 178 valence electrons. The first-order valence-electron chi connectivity index (χ1n) is 10.2. The lowest BCUT2D eigenvalue weighted by molar-refractivity contribution is -0.112. The second-order valence-corrected chi connectivity index (χ2v) is 8.66. The second-order valence-electron chi connectivity index (χ2n) is 7.40. The molecule has 0 heterocycles. The molecule has 2 N–H and O–H groups in total. The van der Waals surface area contributed by atoms with Crippen molar-refractivity contribution >= 4 is 51.2 Å². The van der Waals surface area contributed by atoms with E-state index in [2.05, 4.69) is 21.2 Å². The minimum Gasteiger partial charge on any atom is -0.493 e. The number of carbonyl (C=O) groups excluding carboxylic acids is 1. The van der Waals surface area contributed by atoms with Crippen molar-refractivity contribution < 1.29 is 24.2 Å². The maximum atomic E-state index is 12.6. The molecule has 1 amide bonds. The first-order chi connectivity index (χ1) is 16.7. The topological polar surface area (TPSA) is 109 Å². The van der Waals surface area contributed by atoms with Gasteiger partial charge in [-0.3, -0.25) is 4.79 Å². The van der Waals surface area contributed by atoms with Crippen molar-refractivity contribution in [1.82, 2.24) is 0 Å². The lowest BCUT2D eigenvalue weighted by Gasteiger charge is -2.13. The molecule has 0 aliphatic heterocycles. The van der Waals surface area contributed by atoms with Crippen LogP contribution in [0.5, 0.6) is 11.5 Å². The number of aryl methyl sites for hydroxylation is 1. The predicted molar refractivity (Wildman–Crippen MR) is 137 cm³/mol. The van der Waals surface area contributed by atoms with Gasteiger partial charge in [0.15, 0.2) is 11.5 Å². The van der Waals surface area contributed by atoms with Crippen LogP contribution in [0.25, 0.3) is 6.08 Å². The highest BCUT2D eigenvalue weighted by Gasteiger charge is 2.14. The van der Waals surface area contributed by atoms with Crippen LogP contribution in [0.4, 0.5) is 5.69 Å². The first kappa shape index (κ1) is 25.8. The van der Waals surface area contributed by atoms with Crippen LogP contribution in [-0.4, -0.2) is 24.1 Å². The number of hydrogen-bond donors (Lipinski definition) is 2. The zero-order valence-corrected chi connectivity index (χ0v) is 21.1. The van der Waals surface area contributed by atoms with Crippen molar-refractivity contribution in [2.45, 2.75) is 13.5 Å². The van der Waals surface area contributed by atoms with Gasteiger partial charge in [0.1, 0.15) is 18.2 Å². The van der Waals surface area contributed by atoms with E-state index in [0.29, 0.717) is 32.2 Å². The Morgan fingerprint density at radius 3 is 2.46 bits per heavy atom. The van der Waals surface area contributed by atoms with Crippen molar-refractivity contribution in [2.75, 3.05) is 12.4 Å². The summed E-state index contributed by atoms with van der Waals surface area (Å²) in [5, 5.41) is 21.7. The zero-order chi connectivity index (χ0) is 25.5. The summed E-state index contributed by atoms with van der Waals surface area (Å²) < 4.78 is 11.9. The quantitative estimate of drug-likeness (QED) is 0.251. The maximum Gasteiger partial charge on any atom is 0.335 e. The minimum absolute atomic E-state index is 0.114. The van der Waals surface area contributed by atoms with E-state index in [4.69, 9.17) is 26.2 Å². The van der Waals surface area contributed by atoms with Gasteiger partial charge in [0.2, 0.25) is 0 Å². The number of nitriles is 1. The number of nitrogens with zero attached hydrogens (tertiary/aromatic N) is 1. The van der Waals surface area contributed by atoms with Gasteiger partial charge < -0.3 is 19.9 Å². The van der Waals surface area contributed by atoms with Crippen LogP contribution in [0.1, 0.15) is 27.0 Å². The molecule has 9 heteroatoms. The van der Waals surface area contributed by atoms with Gasteiger partial charge in [-0.15, -0.1) is 0 Å². The number of carboxylic acids is 1. The third kappa shape index (κ3) is 6.63. The molecule has 7 nitrogen and oxygen atoms in total. The van der Waals surface area contributed by atoms with Gasteiger partial charge in [-0.2, -0.15) is 5.26 Å². The Morgan fingerprint density at radius 2 is 1.86 bits per heavy atom. The molecule has 0 spiro atoms. The zero-order valence-electron chi connectivity index (χ0n) is 18.8. The van der Waals surface area contributed by atoms with E-state index < -0.39 is 11.9 Å². The number of ether oxygens (including phenoxy) is 2. The first-order valence-corrected chi connectivity index (χ1v) is 11.4. The number of carboxylic acid groups (broad SMARTS) is 1. The van der Waals surface area contributed by atoms with E-state index >= 15 is 0 Å². The fraction of sp³-hybridized carbons (Fsp3) is 0.115. The van der Waals surface area contributed by atoms with Crippen molar-refractivity contribution in [1.29, 1.82) is 5.26 Å². The number of carbonyl (C=O) groups is 2. The third-order valence-corrected chi connectivity index (χ3v) is 6.07. The van der Waals surface area contributed by atoms with E-state index in [1.54, 1.807) is 42.5 Å². The SMILES string of the molecule is COc1cc(/C=C(/C#N)C(=O)Nc2ccc(C)c(Cl)c2)c(Br)cc1OCc1ccc(C(=O)O)cc1. The Balaban J connectivity index is 1.79. The predicted octanol–water partition coefficient (Wildman–Crippen LogP) is 6.24. The maximum absolute atomic E-state index is 12.6. The molecule has 35 heavy (non-hydrogen) atoms. The van der Waals surface area contributed by atoms with Crippen LogP contribution in [0.15, 0.2) is 64.6 Å². The lowest BCUT2D eigenvalue weighted by atomic mass is 10.1. The molecule has 0 unspecified atom stereocenters. The molecule has 0 fully saturated rings. The molecule has 0 radical (unpaired) electrons. The molecule has 3 rings (SSSR count). The number of hydrogen-bond acceptors (Lipinski definition) is 5. The Labute approximate surface area is 215 Å². The van der Waals surface area contributed by atoms with Crippen LogP contribution in [0, 0.1) is 18.3 Å². The van der Waals surface area contributed by atoms with Gasteiger partial charge in [0, 0.05) is 15.2 Å². The van der Waals surface area contributed by atoms with Gasteiger partial charge in [-0.25, -0.2) is 4.79 Å². The van der Waals surface area contributed by atoms with E-state index in [-0.39, 0.29) is 17.7 Å². The average molecular weight is 556 g/mol. The summed E-state index contributed by atoms with van der Waals surface area (Å²) in [5.41, 5.74) is 2.73. The summed E-state index contributed by atoms with van der Waals surface area (Å²) in [6, 6.07) is 16.7. The van der Waals surface area contributed by atoms with Crippen molar-refractivity contribution in [3.8, 4) is 17.6 Å². The van der Waals surface area contributed by atoms with E-state index in [0.717, 1.165) is 11.1 Å². The number of anilines is 1. The summed E-state index contributed by atoms with van der Waals surface area (Å²) in [4.78, 5) is 23.6. The largest absolute Gasteiger partial charge is 0.493 e. The Morgan fingerprint density at radius 1 is 1.14 bits per heavy atom. The molecule has 0 aromatic heterocycles. The van der Waals surface area contributed by atoms with E-state index in [9.17, 15) is 14.9 Å². The van der Waals surface area contributed by atoms with Crippen LogP contribution >= 0.6 is 27.5 Å². The van der Waals surface area contributed by atoms with Gasteiger partial charge >= 0.3 is 5.97 Å². The van der Waals surface area contributed by atoms with Gasteiger partial charge in [0.25, 0.3) is 5.91 Å². The highest BCUT2D eigenvalue weighted by Crippen LogP contribution is 2.35. The smallest absolute Gasteiger partial charge is 0.335 e. The molecule has 3 aromatic rings. The fourth-order valence-electron chi connectivity index (χ4n) is 3.01. The van der Waals surface area contributed by atoms with Gasteiger partial charge in [-0.05, 0) is 66.1 Å². The van der Waals surface area contributed by atoms with Crippen LogP contribution in [0.3, 0.4) is 0 Å². The number of benzene rings is 3. The molecular weight excluding hydrogens is 536 g/mol. The number of amides is 1. The van der Waals surface area contributed by atoms with Crippen molar-refractivity contribution in [2.24, 2.45) is 0 Å². The molecule has 0 aliphatic rings. The molecule has 0 saturated carbocycles. The number of methoxy groups -OCH3 is 1. The van der Waals surface area contributed by atoms with Gasteiger partial charge in [0.05, 0.1) is 12.7 Å². The number of halogens is 2. The van der Waals surface area contributed by atoms with Crippen LogP contribution < -0.4 is 14.8 Å². The summed E-state index contributed by atoms with van der Waals surface area (Å²) in [6.07, 6.45) is 1.44. The van der Waals surface area contributed by atoms with Crippen LogP contribution in [0.2, 0.25) is 5.02 Å². The lowest BCUT2D eigenvalue weighted by Crippen LogP contribution is -2.13. The molecular formula is C26H20BrClN2O5. The molecule has 0 bridgehead atoms. The summed E-state index contributed by atoms with van der Waals surface area (Å²) in [6.45, 7) is 2.03. The second kappa shape index (κ2) is 11.6. The summed E-state index contributed by atoms with van der Waals surface area (Å²) in [5.74, 6) is -0.760.